The molecule has 0 fully saturated rings. The molecule has 5 rings (SSSR count). The Balaban J connectivity index is 0.00000126. The van der Waals surface area contributed by atoms with Crippen molar-refractivity contribution in [3.8, 4) is 28.0 Å². The fourth-order valence-electron chi connectivity index (χ4n) is 4.38. The highest BCUT2D eigenvalue weighted by atomic mass is 35.5. The average Bonchev–Trinajstić information content (AvgIpc) is 2.85. The molecule has 0 aromatic heterocycles. The molecule has 0 amide bonds. The van der Waals surface area contributed by atoms with Crippen molar-refractivity contribution in [1.29, 1.82) is 0 Å². The number of halogens is 1. The molecule has 0 spiro atoms. The molecule has 0 saturated heterocycles. The van der Waals surface area contributed by atoms with E-state index in [9.17, 15) is 0 Å². The summed E-state index contributed by atoms with van der Waals surface area (Å²) in [7, 11) is 0. The van der Waals surface area contributed by atoms with Crippen LogP contribution in [0.1, 0.15) is 12.5 Å². The van der Waals surface area contributed by atoms with Crippen LogP contribution < -0.4 is 4.74 Å². The zero-order valence-corrected chi connectivity index (χ0v) is 19.5. The number of rotatable bonds is 4. The number of aryl methyl sites for hydroxylation is 1. The molecule has 5 aromatic rings. The lowest BCUT2D eigenvalue weighted by Gasteiger charge is -2.18. The first-order chi connectivity index (χ1) is 16.2. The summed E-state index contributed by atoms with van der Waals surface area (Å²) in [5.74, 6) is 0.883. The van der Waals surface area contributed by atoms with Crippen LogP contribution in [0.15, 0.2) is 91.0 Å². The van der Waals surface area contributed by atoms with Gasteiger partial charge in [-0.05, 0) is 81.9 Å². The Kier molecular flexibility index (Phi) is 6.76. The highest BCUT2D eigenvalue weighted by Crippen LogP contribution is 2.44. The molecular weight excluding hydrogens is 428 g/mol. The second-order valence-electron chi connectivity index (χ2n) is 7.81. The fourth-order valence-corrected chi connectivity index (χ4v) is 4.55. The molecule has 0 N–H and O–H groups in total. The Bertz CT molecular complexity index is 1400. The van der Waals surface area contributed by atoms with Crippen molar-refractivity contribution in [3.05, 3.63) is 102 Å². The van der Waals surface area contributed by atoms with E-state index in [4.69, 9.17) is 21.1 Å². The van der Waals surface area contributed by atoms with Crippen LogP contribution in [0.25, 0.3) is 43.8 Å². The van der Waals surface area contributed by atoms with Gasteiger partial charge in [0.15, 0.2) is 0 Å². The van der Waals surface area contributed by atoms with Crippen LogP contribution >= 0.6 is 11.6 Å². The quantitative estimate of drug-likeness (QED) is 0.255. The molecule has 3 heteroatoms. The summed E-state index contributed by atoms with van der Waals surface area (Å²) in [6.07, 6.45) is 0. The molecule has 0 atom stereocenters. The Morgan fingerprint density at radius 3 is 1.79 bits per heavy atom. The van der Waals surface area contributed by atoms with Crippen LogP contribution in [0.5, 0.6) is 5.75 Å². The van der Waals surface area contributed by atoms with Gasteiger partial charge < -0.3 is 9.53 Å². The van der Waals surface area contributed by atoms with E-state index in [0.717, 1.165) is 21.7 Å². The Morgan fingerprint density at radius 1 is 0.697 bits per heavy atom. The van der Waals surface area contributed by atoms with Crippen LogP contribution in [-0.4, -0.2) is 13.4 Å². The van der Waals surface area contributed by atoms with Gasteiger partial charge in [-0.1, -0.05) is 83.9 Å². The lowest BCUT2D eigenvalue weighted by molar-refractivity contribution is -0.0979. The molecule has 0 aliphatic carbocycles. The normalized spacial score (nSPS) is 10.6. The summed E-state index contributed by atoms with van der Waals surface area (Å²) < 4.78 is 5.66. The number of carbonyl (C=O) groups is 1. The van der Waals surface area contributed by atoms with E-state index in [2.05, 4.69) is 79.7 Å². The zero-order valence-electron chi connectivity index (χ0n) is 18.8. The third kappa shape index (κ3) is 4.35. The van der Waals surface area contributed by atoms with Gasteiger partial charge in [-0.2, -0.15) is 0 Å². The van der Waals surface area contributed by atoms with Crippen molar-refractivity contribution in [2.75, 3.05) is 6.61 Å². The van der Waals surface area contributed by atoms with Gasteiger partial charge in [-0.25, -0.2) is 0 Å². The van der Waals surface area contributed by atoms with Crippen molar-refractivity contribution in [1.82, 2.24) is 0 Å². The minimum Gasteiger partial charge on any atom is -0.494 e. The Morgan fingerprint density at radius 2 is 1.21 bits per heavy atom. The standard InChI is InChI=1S/C29H23ClO.CH2O/c1-3-31-23-15-12-21(13-16-23)29-25-7-5-4-6-24(25)28(20-10-8-19(2)9-11-20)26-17-14-22(30)18-27(26)29;1-2/h4-18H,3H2,1-2H3;1H2. The van der Waals surface area contributed by atoms with E-state index in [1.165, 1.54) is 38.4 Å². The maximum atomic E-state index is 8.00. The summed E-state index contributed by atoms with van der Waals surface area (Å²) in [6.45, 7) is 6.78. The van der Waals surface area contributed by atoms with Gasteiger partial charge in [0, 0.05) is 5.02 Å². The minimum atomic E-state index is 0.659. The van der Waals surface area contributed by atoms with E-state index in [0.29, 0.717) is 6.61 Å². The summed E-state index contributed by atoms with van der Waals surface area (Å²) >= 11 is 6.49. The second kappa shape index (κ2) is 9.89. The number of fused-ring (bicyclic) bond motifs is 2. The second-order valence-corrected chi connectivity index (χ2v) is 8.25. The SMILES string of the molecule is C=O.CCOc1ccc(-c2c3ccccc3c(-c3ccc(C)cc3)c3ccc(Cl)cc23)cc1. The lowest BCUT2D eigenvalue weighted by Crippen LogP contribution is -1.93. The molecule has 0 radical (unpaired) electrons. The molecule has 0 saturated carbocycles. The van der Waals surface area contributed by atoms with Crippen LogP contribution in [0.2, 0.25) is 5.02 Å². The molecule has 0 aliphatic rings. The van der Waals surface area contributed by atoms with Crippen molar-refractivity contribution < 1.29 is 9.53 Å². The Hall–Kier alpha value is -3.62. The molecule has 164 valence electrons. The first-order valence-corrected chi connectivity index (χ1v) is 11.3. The van der Waals surface area contributed by atoms with Gasteiger partial charge in [-0.15, -0.1) is 0 Å². The van der Waals surface area contributed by atoms with Crippen LogP contribution in [0.3, 0.4) is 0 Å². The highest BCUT2D eigenvalue weighted by Gasteiger charge is 2.17. The van der Waals surface area contributed by atoms with Gasteiger partial charge in [0.05, 0.1) is 6.61 Å². The molecule has 2 nitrogen and oxygen atoms in total. The van der Waals surface area contributed by atoms with Gasteiger partial charge in [0.25, 0.3) is 0 Å². The van der Waals surface area contributed by atoms with Crippen molar-refractivity contribution in [2.24, 2.45) is 0 Å². The molecule has 0 unspecified atom stereocenters. The van der Waals surface area contributed by atoms with Gasteiger partial charge in [0.2, 0.25) is 0 Å². The number of carbonyl (C=O) groups excluding carboxylic acids is 1. The highest BCUT2D eigenvalue weighted by molar-refractivity contribution is 6.32. The number of ether oxygens (including phenoxy) is 1. The van der Waals surface area contributed by atoms with E-state index < -0.39 is 0 Å². The van der Waals surface area contributed by atoms with E-state index >= 15 is 0 Å². The van der Waals surface area contributed by atoms with Crippen molar-refractivity contribution >= 4 is 39.9 Å². The number of hydrogen-bond acceptors (Lipinski definition) is 2. The zero-order chi connectivity index (χ0) is 23.4. The van der Waals surface area contributed by atoms with Gasteiger partial charge >= 0.3 is 0 Å². The average molecular weight is 453 g/mol. The van der Waals surface area contributed by atoms with E-state index in [-0.39, 0.29) is 0 Å². The molecular formula is C30H25ClO2. The van der Waals surface area contributed by atoms with Crippen LogP contribution in [0.4, 0.5) is 0 Å². The Labute approximate surface area is 199 Å². The van der Waals surface area contributed by atoms with Gasteiger partial charge in [-0.3, -0.25) is 0 Å². The maximum absolute atomic E-state index is 8.00. The maximum Gasteiger partial charge on any atom is 0.119 e. The third-order valence-electron chi connectivity index (χ3n) is 5.78. The topological polar surface area (TPSA) is 26.3 Å². The van der Waals surface area contributed by atoms with E-state index in [1.807, 2.05) is 31.9 Å². The van der Waals surface area contributed by atoms with E-state index in [1.54, 1.807) is 0 Å². The summed E-state index contributed by atoms with van der Waals surface area (Å²) in [4.78, 5) is 8.00. The number of benzene rings is 5. The summed E-state index contributed by atoms with van der Waals surface area (Å²) in [6, 6.07) is 32.0. The van der Waals surface area contributed by atoms with Crippen LogP contribution in [0, 0.1) is 6.92 Å². The minimum absolute atomic E-state index is 0.659. The van der Waals surface area contributed by atoms with Gasteiger partial charge in [0.1, 0.15) is 12.5 Å². The first-order valence-electron chi connectivity index (χ1n) is 10.9. The van der Waals surface area contributed by atoms with Crippen molar-refractivity contribution in [3.63, 3.8) is 0 Å². The smallest absolute Gasteiger partial charge is 0.119 e. The monoisotopic (exact) mass is 452 g/mol. The van der Waals surface area contributed by atoms with Crippen molar-refractivity contribution in [2.45, 2.75) is 13.8 Å². The largest absolute Gasteiger partial charge is 0.494 e. The summed E-state index contributed by atoms with van der Waals surface area (Å²) in [5, 5.41) is 5.56. The molecule has 5 aromatic carbocycles. The predicted octanol–water partition coefficient (Wildman–Crippen LogP) is 8.50. The molecule has 0 aliphatic heterocycles. The molecule has 33 heavy (non-hydrogen) atoms. The lowest BCUT2D eigenvalue weighted by atomic mass is 9.86. The predicted molar refractivity (Wildman–Crippen MR) is 140 cm³/mol. The first kappa shape index (κ1) is 22.6. The third-order valence-corrected chi connectivity index (χ3v) is 6.02. The number of hydrogen-bond donors (Lipinski definition) is 0. The van der Waals surface area contributed by atoms with Crippen LogP contribution in [-0.2, 0) is 4.79 Å². The summed E-state index contributed by atoms with van der Waals surface area (Å²) in [5.41, 5.74) is 6.07. The molecule has 0 bridgehead atoms. The molecule has 0 heterocycles. The fraction of sp³-hybridized carbons (Fsp3) is 0.100.